The second kappa shape index (κ2) is 4.61. The van der Waals surface area contributed by atoms with Crippen LogP contribution in [0.25, 0.3) is 0 Å². The van der Waals surface area contributed by atoms with E-state index in [1.165, 1.54) is 5.01 Å². The molecule has 70 valence electrons. The van der Waals surface area contributed by atoms with Gasteiger partial charge in [-0.15, -0.1) is 0 Å². The molecule has 0 aromatic carbocycles. The minimum absolute atomic E-state index is 0.0266. The van der Waals surface area contributed by atoms with Crippen LogP contribution in [0.4, 0.5) is 0 Å². The number of nitriles is 1. The van der Waals surface area contributed by atoms with Gasteiger partial charge in [-0.1, -0.05) is 13.3 Å². The lowest BCUT2D eigenvalue weighted by atomic mass is 10.2. The van der Waals surface area contributed by atoms with E-state index < -0.39 is 0 Å². The molecule has 13 heavy (non-hydrogen) atoms. The summed E-state index contributed by atoms with van der Waals surface area (Å²) >= 11 is 0. The van der Waals surface area contributed by atoms with Crippen molar-refractivity contribution in [3.8, 4) is 6.07 Å². The molecule has 0 saturated heterocycles. The van der Waals surface area contributed by atoms with E-state index in [2.05, 4.69) is 12.0 Å². The van der Waals surface area contributed by atoms with Crippen LogP contribution in [-0.2, 0) is 4.79 Å². The molecule has 0 aromatic rings. The summed E-state index contributed by atoms with van der Waals surface area (Å²) in [6.07, 6.45) is 2.70. The minimum Gasteiger partial charge on any atom is -0.273 e. The highest BCUT2D eigenvalue weighted by Gasteiger charge is 2.22. The molecule has 0 spiro atoms. The van der Waals surface area contributed by atoms with Gasteiger partial charge >= 0.3 is 0 Å². The lowest BCUT2D eigenvalue weighted by molar-refractivity contribution is -0.128. The minimum atomic E-state index is 0.0266. The first-order valence-electron chi connectivity index (χ1n) is 4.51. The summed E-state index contributed by atoms with van der Waals surface area (Å²) in [6, 6.07) is 2.00. The van der Waals surface area contributed by atoms with Crippen LogP contribution in [0.15, 0.2) is 5.10 Å². The molecule has 0 bridgehead atoms. The van der Waals surface area contributed by atoms with E-state index in [0.29, 0.717) is 19.4 Å². The summed E-state index contributed by atoms with van der Waals surface area (Å²) in [7, 11) is 0. The summed E-state index contributed by atoms with van der Waals surface area (Å²) < 4.78 is 0. The molecule has 0 fully saturated rings. The van der Waals surface area contributed by atoms with Gasteiger partial charge in [-0.05, 0) is 6.42 Å². The molecule has 1 rings (SSSR count). The van der Waals surface area contributed by atoms with Crippen LogP contribution >= 0.6 is 0 Å². The van der Waals surface area contributed by atoms with Gasteiger partial charge in [0.05, 0.1) is 25.5 Å². The largest absolute Gasteiger partial charge is 0.273 e. The molecule has 0 saturated carbocycles. The highest BCUT2D eigenvalue weighted by atomic mass is 16.2. The third kappa shape index (κ3) is 2.55. The SMILES string of the molecule is CCCC1=NN(CCC#N)C(=O)C1. The summed E-state index contributed by atoms with van der Waals surface area (Å²) in [5, 5.41) is 13.9. The van der Waals surface area contributed by atoms with Gasteiger partial charge in [0, 0.05) is 5.71 Å². The third-order valence-electron chi connectivity index (χ3n) is 1.88. The molecule has 0 atom stereocenters. The Morgan fingerprint density at radius 3 is 3.08 bits per heavy atom. The maximum Gasteiger partial charge on any atom is 0.248 e. The van der Waals surface area contributed by atoms with Gasteiger partial charge < -0.3 is 0 Å². The summed E-state index contributed by atoms with van der Waals surface area (Å²) in [5.74, 6) is 0.0266. The topological polar surface area (TPSA) is 56.5 Å². The zero-order chi connectivity index (χ0) is 9.68. The maximum absolute atomic E-state index is 11.3. The van der Waals surface area contributed by atoms with E-state index in [0.717, 1.165) is 18.6 Å². The fourth-order valence-electron chi connectivity index (χ4n) is 1.29. The van der Waals surface area contributed by atoms with Crippen LogP contribution in [0.3, 0.4) is 0 Å². The Morgan fingerprint density at radius 1 is 1.69 bits per heavy atom. The van der Waals surface area contributed by atoms with Crippen LogP contribution < -0.4 is 0 Å². The first-order chi connectivity index (χ1) is 6.27. The Labute approximate surface area is 77.8 Å². The van der Waals surface area contributed by atoms with Crippen LogP contribution in [-0.4, -0.2) is 23.2 Å². The molecule has 4 heteroatoms. The molecule has 1 heterocycles. The number of carbonyl (C=O) groups is 1. The van der Waals surface area contributed by atoms with Gasteiger partial charge in [0.1, 0.15) is 0 Å². The quantitative estimate of drug-likeness (QED) is 0.652. The van der Waals surface area contributed by atoms with Crippen LogP contribution in [0, 0.1) is 11.3 Å². The first-order valence-corrected chi connectivity index (χ1v) is 4.51. The van der Waals surface area contributed by atoms with Crippen molar-refractivity contribution in [2.24, 2.45) is 5.10 Å². The lowest BCUT2D eigenvalue weighted by Crippen LogP contribution is -2.21. The van der Waals surface area contributed by atoms with Gasteiger partial charge in [0.15, 0.2) is 0 Å². The predicted molar refractivity (Wildman–Crippen MR) is 48.9 cm³/mol. The Bertz CT molecular complexity index is 265. The summed E-state index contributed by atoms with van der Waals surface area (Å²) in [6.45, 7) is 2.49. The highest BCUT2D eigenvalue weighted by molar-refractivity contribution is 6.04. The van der Waals surface area contributed by atoms with E-state index in [4.69, 9.17) is 5.26 Å². The number of rotatable bonds is 4. The van der Waals surface area contributed by atoms with Gasteiger partial charge in [0.25, 0.3) is 0 Å². The van der Waals surface area contributed by atoms with Gasteiger partial charge in [-0.25, -0.2) is 5.01 Å². The molecule has 1 aliphatic heterocycles. The van der Waals surface area contributed by atoms with Crippen molar-refractivity contribution >= 4 is 11.6 Å². The van der Waals surface area contributed by atoms with Crippen molar-refractivity contribution in [3.05, 3.63) is 0 Å². The molecule has 0 aliphatic carbocycles. The van der Waals surface area contributed by atoms with Crippen molar-refractivity contribution in [2.45, 2.75) is 32.6 Å². The van der Waals surface area contributed by atoms with Gasteiger partial charge in [-0.2, -0.15) is 10.4 Å². The van der Waals surface area contributed by atoms with Gasteiger partial charge in [0.2, 0.25) is 5.91 Å². The van der Waals surface area contributed by atoms with Crippen molar-refractivity contribution in [2.75, 3.05) is 6.54 Å². The van der Waals surface area contributed by atoms with E-state index in [1.54, 1.807) is 0 Å². The van der Waals surface area contributed by atoms with Gasteiger partial charge in [-0.3, -0.25) is 4.79 Å². The van der Waals surface area contributed by atoms with Crippen molar-refractivity contribution in [1.82, 2.24) is 5.01 Å². The Kier molecular flexibility index (Phi) is 3.44. The first kappa shape index (κ1) is 9.72. The second-order valence-electron chi connectivity index (χ2n) is 3.02. The number of nitrogens with zero attached hydrogens (tertiary/aromatic N) is 3. The monoisotopic (exact) mass is 179 g/mol. The lowest BCUT2D eigenvalue weighted by Gasteiger charge is -2.07. The van der Waals surface area contributed by atoms with Crippen LogP contribution in [0.1, 0.15) is 32.6 Å². The second-order valence-corrected chi connectivity index (χ2v) is 3.02. The molecular weight excluding hydrogens is 166 g/mol. The van der Waals surface area contributed by atoms with E-state index >= 15 is 0 Å². The van der Waals surface area contributed by atoms with Crippen molar-refractivity contribution in [1.29, 1.82) is 5.26 Å². The average molecular weight is 179 g/mol. The molecule has 0 N–H and O–H groups in total. The predicted octanol–water partition coefficient (Wildman–Crippen LogP) is 1.29. The summed E-state index contributed by atoms with van der Waals surface area (Å²) in [4.78, 5) is 11.3. The van der Waals surface area contributed by atoms with Crippen LogP contribution in [0.2, 0.25) is 0 Å². The van der Waals surface area contributed by atoms with E-state index in [1.807, 2.05) is 6.07 Å². The number of amides is 1. The third-order valence-corrected chi connectivity index (χ3v) is 1.88. The molecule has 0 aromatic heterocycles. The Balaban J connectivity index is 2.47. The van der Waals surface area contributed by atoms with Crippen LogP contribution in [0.5, 0.6) is 0 Å². The Hall–Kier alpha value is -1.37. The summed E-state index contributed by atoms with van der Waals surface area (Å²) in [5.41, 5.74) is 0.949. The zero-order valence-electron chi connectivity index (χ0n) is 7.79. The van der Waals surface area contributed by atoms with Crippen molar-refractivity contribution in [3.63, 3.8) is 0 Å². The average Bonchev–Trinajstić information content (AvgIpc) is 2.44. The number of carbonyl (C=O) groups excluding carboxylic acids is 1. The fraction of sp³-hybridized carbons (Fsp3) is 0.667. The zero-order valence-corrected chi connectivity index (χ0v) is 7.79. The molecule has 1 amide bonds. The van der Waals surface area contributed by atoms with Crippen molar-refractivity contribution < 1.29 is 4.79 Å². The normalized spacial score (nSPS) is 15.8. The number of hydrogen-bond acceptors (Lipinski definition) is 3. The molecule has 0 unspecified atom stereocenters. The molecule has 1 aliphatic rings. The number of hydrogen-bond donors (Lipinski definition) is 0. The van der Waals surface area contributed by atoms with E-state index in [-0.39, 0.29) is 5.91 Å². The Morgan fingerprint density at radius 2 is 2.46 bits per heavy atom. The smallest absolute Gasteiger partial charge is 0.248 e. The molecule has 0 radical (unpaired) electrons. The number of hydrazone groups is 1. The highest BCUT2D eigenvalue weighted by Crippen LogP contribution is 2.11. The molecule has 4 nitrogen and oxygen atoms in total. The standard InChI is InChI=1S/C9H13N3O/c1-2-4-8-7-9(13)12(11-8)6-3-5-10/h2-4,6-7H2,1H3. The molecular formula is C9H13N3O. The fourth-order valence-corrected chi connectivity index (χ4v) is 1.29. The maximum atomic E-state index is 11.3. The van der Waals surface area contributed by atoms with E-state index in [9.17, 15) is 4.79 Å².